The van der Waals surface area contributed by atoms with Gasteiger partial charge in [-0.15, -0.1) is 0 Å². The fraction of sp³-hybridized carbons (Fsp3) is 0.579. The Morgan fingerprint density at radius 2 is 1.96 bits per heavy atom. The summed E-state index contributed by atoms with van der Waals surface area (Å²) in [5, 5.41) is 14.0. The molecule has 2 aliphatic rings. The smallest absolute Gasteiger partial charge is 0.370 e. The van der Waals surface area contributed by atoms with E-state index in [0.29, 0.717) is 0 Å². The van der Waals surface area contributed by atoms with Crippen molar-refractivity contribution < 1.29 is 27.9 Å². The fourth-order valence-electron chi connectivity index (χ4n) is 4.50. The second-order valence-corrected chi connectivity index (χ2v) is 8.13. The standard InChI is InChI=1S/C19H23F3N2O3/c1-4-24-16(26)23-15(11-6-5-7-12(8-11)19(20,21)22)14-13(25)9-17(2,3)10-18(14,24)27/h5-8,14-15,27H,4,9-10H2,1-3H3,(H,23,26). The summed E-state index contributed by atoms with van der Waals surface area (Å²) in [5.74, 6) is -1.30. The first kappa shape index (κ1) is 19.7. The minimum Gasteiger partial charge on any atom is -0.370 e. The Balaban J connectivity index is 2.10. The number of nitrogens with one attached hydrogen (secondary N) is 1. The second-order valence-electron chi connectivity index (χ2n) is 8.13. The minimum atomic E-state index is -4.54. The average molecular weight is 384 g/mol. The lowest BCUT2D eigenvalue weighted by Gasteiger charge is -2.56. The molecule has 8 heteroatoms. The molecule has 1 aliphatic heterocycles. The Labute approximate surface area is 155 Å². The number of ketones is 1. The molecule has 27 heavy (non-hydrogen) atoms. The molecule has 0 spiro atoms. The Morgan fingerprint density at radius 3 is 2.56 bits per heavy atom. The van der Waals surface area contributed by atoms with Crippen molar-refractivity contribution in [2.24, 2.45) is 11.3 Å². The van der Waals surface area contributed by atoms with Gasteiger partial charge in [-0.2, -0.15) is 13.2 Å². The molecule has 0 bridgehead atoms. The highest BCUT2D eigenvalue weighted by Gasteiger charge is 2.60. The molecule has 1 aromatic carbocycles. The molecule has 1 saturated carbocycles. The van der Waals surface area contributed by atoms with E-state index in [1.54, 1.807) is 6.92 Å². The van der Waals surface area contributed by atoms with Crippen molar-refractivity contribution in [1.29, 1.82) is 0 Å². The molecule has 1 aliphatic carbocycles. The van der Waals surface area contributed by atoms with E-state index >= 15 is 0 Å². The monoisotopic (exact) mass is 384 g/mol. The molecular formula is C19H23F3N2O3. The zero-order chi connectivity index (χ0) is 20.2. The van der Waals surface area contributed by atoms with Crippen LogP contribution in [0.4, 0.5) is 18.0 Å². The van der Waals surface area contributed by atoms with E-state index in [9.17, 15) is 27.9 Å². The van der Waals surface area contributed by atoms with Crippen LogP contribution in [0.3, 0.4) is 0 Å². The topological polar surface area (TPSA) is 69.6 Å². The van der Waals surface area contributed by atoms with E-state index in [4.69, 9.17) is 0 Å². The van der Waals surface area contributed by atoms with Crippen molar-refractivity contribution in [3.63, 3.8) is 0 Å². The van der Waals surface area contributed by atoms with Gasteiger partial charge in [-0.05, 0) is 30.0 Å². The first-order chi connectivity index (χ1) is 12.4. The summed E-state index contributed by atoms with van der Waals surface area (Å²) in [7, 11) is 0. The molecule has 0 aromatic heterocycles. The zero-order valence-corrected chi connectivity index (χ0v) is 15.4. The molecule has 3 unspecified atom stereocenters. The van der Waals surface area contributed by atoms with Crippen LogP contribution in [0, 0.1) is 11.3 Å². The summed E-state index contributed by atoms with van der Waals surface area (Å²) in [6.45, 7) is 5.53. The van der Waals surface area contributed by atoms with Crippen LogP contribution in [0.15, 0.2) is 24.3 Å². The molecule has 1 saturated heterocycles. The maximum atomic E-state index is 13.1. The SMILES string of the molecule is CCN1C(=O)NC(c2cccc(C(F)(F)F)c2)C2C(=O)CC(C)(C)CC21O. The number of amides is 2. The Morgan fingerprint density at radius 1 is 1.30 bits per heavy atom. The van der Waals surface area contributed by atoms with Crippen molar-refractivity contribution in [2.75, 3.05) is 6.54 Å². The first-order valence-corrected chi connectivity index (χ1v) is 8.89. The predicted octanol–water partition coefficient (Wildman–Crippen LogP) is 3.49. The van der Waals surface area contributed by atoms with E-state index in [-0.39, 0.29) is 30.7 Å². The summed E-state index contributed by atoms with van der Waals surface area (Å²) in [6.07, 6.45) is -4.19. The maximum Gasteiger partial charge on any atom is 0.416 e. The van der Waals surface area contributed by atoms with Crippen LogP contribution in [0.1, 0.15) is 50.8 Å². The third-order valence-electron chi connectivity index (χ3n) is 5.45. The average Bonchev–Trinajstić information content (AvgIpc) is 2.51. The number of carbonyl (C=O) groups is 2. The van der Waals surface area contributed by atoms with Gasteiger partial charge in [0.15, 0.2) is 5.72 Å². The summed E-state index contributed by atoms with van der Waals surface area (Å²) >= 11 is 0. The quantitative estimate of drug-likeness (QED) is 0.820. The lowest BCUT2D eigenvalue weighted by Crippen LogP contribution is -2.71. The Hall–Kier alpha value is -2.09. The highest BCUT2D eigenvalue weighted by Crippen LogP contribution is 2.50. The minimum absolute atomic E-state index is 0.158. The lowest BCUT2D eigenvalue weighted by molar-refractivity contribution is -0.192. The van der Waals surface area contributed by atoms with Crippen molar-refractivity contribution >= 4 is 11.8 Å². The zero-order valence-electron chi connectivity index (χ0n) is 15.4. The number of carbonyl (C=O) groups excluding carboxylic acids is 2. The Bertz CT molecular complexity index is 778. The van der Waals surface area contributed by atoms with Crippen LogP contribution in [-0.4, -0.2) is 34.1 Å². The van der Waals surface area contributed by atoms with Gasteiger partial charge < -0.3 is 10.4 Å². The molecule has 3 atom stereocenters. The summed E-state index contributed by atoms with van der Waals surface area (Å²) in [4.78, 5) is 26.7. The van der Waals surface area contributed by atoms with Crippen LogP contribution in [-0.2, 0) is 11.0 Å². The van der Waals surface area contributed by atoms with Gasteiger partial charge in [0.25, 0.3) is 0 Å². The molecule has 0 radical (unpaired) electrons. The van der Waals surface area contributed by atoms with E-state index in [0.717, 1.165) is 12.1 Å². The lowest BCUT2D eigenvalue weighted by atomic mass is 9.63. The van der Waals surface area contributed by atoms with Gasteiger partial charge in [0.05, 0.1) is 17.5 Å². The molecule has 148 valence electrons. The highest BCUT2D eigenvalue weighted by molar-refractivity contribution is 5.89. The number of aliphatic hydroxyl groups is 1. The van der Waals surface area contributed by atoms with Crippen molar-refractivity contribution in [3.05, 3.63) is 35.4 Å². The van der Waals surface area contributed by atoms with Gasteiger partial charge in [-0.25, -0.2) is 4.79 Å². The first-order valence-electron chi connectivity index (χ1n) is 8.89. The van der Waals surface area contributed by atoms with Crippen LogP contribution >= 0.6 is 0 Å². The number of hydrogen-bond donors (Lipinski definition) is 2. The number of urea groups is 1. The van der Waals surface area contributed by atoms with Gasteiger partial charge in [-0.3, -0.25) is 9.69 Å². The normalized spacial score (nSPS) is 30.7. The summed E-state index contributed by atoms with van der Waals surface area (Å²) < 4.78 is 39.3. The number of alkyl halides is 3. The highest BCUT2D eigenvalue weighted by atomic mass is 19.4. The van der Waals surface area contributed by atoms with Gasteiger partial charge in [0.2, 0.25) is 0 Å². The molecule has 2 fully saturated rings. The molecule has 2 amide bonds. The fourth-order valence-corrected chi connectivity index (χ4v) is 4.50. The number of benzene rings is 1. The summed E-state index contributed by atoms with van der Waals surface area (Å²) in [5.41, 5.74) is -2.97. The molecular weight excluding hydrogens is 361 g/mol. The largest absolute Gasteiger partial charge is 0.416 e. The number of halogens is 3. The van der Waals surface area contributed by atoms with Crippen molar-refractivity contribution in [1.82, 2.24) is 10.2 Å². The van der Waals surface area contributed by atoms with Gasteiger partial charge in [0, 0.05) is 19.4 Å². The number of nitrogens with zero attached hydrogens (tertiary/aromatic N) is 1. The van der Waals surface area contributed by atoms with Gasteiger partial charge >= 0.3 is 12.2 Å². The van der Waals surface area contributed by atoms with Crippen molar-refractivity contribution in [3.8, 4) is 0 Å². The van der Waals surface area contributed by atoms with Crippen LogP contribution in [0.5, 0.6) is 0 Å². The number of fused-ring (bicyclic) bond motifs is 1. The van der Waals surface area contributed by atoms with Crippen LogP contribution in [0.25, 0.3) is 0 Å². The van der Waals surface area contributed by atoms with Crippen LogP contribution < -0.4 is 5.32 Å². The Kier molecular flexibility index (Phi) is 4.53. The van der Waals surface area contributed by atoms with E-state index in [1.165, 1.54) is 17.0 Å². The summed E-state index contributed by atoms with van der Waals surface area (Å²) in [6, 6.07) is 2.94. The maximum absolute atomic E-state index is 13.1. The van der Waals surface area contributed by atoms with Crippen LogP contribution in [0.2, 0.25) is 0 Å². The molecule has 5 nitrogen and oxygen atoms in total. The molecule has 1 heterocycles. The third-order valence-corrected chi connectivity index (χ3v) is 5.45. The number of rotatable bonds is 2. The molecule has 3 rings (SSSR count). The molecule has 2 N–H and O–H groups in total. The molecule has 1 aromatic rings. The third kappa shape index (κ3) is 3.31. The number of hydrogen-bond acceptors (Lipinski definition) is 3. The van der Waals surface area contributed by atoms with E-state index in [2.05, 4.69) is 5.32 Å². The number of Topliss-reactive ketones (excluding diaryl/α,β-unsaturated/α-hetero) is 1. The van der Waals surface area contributed by atoms with E-state index < -0.39 is 40.9 Å². The predicted molar refractivity (Wildman–Crippen MR) is 91.6 cm³/mol. The second kappa shape index (κ2) is 6.22. The van der Waals surface area contributed by atoms with Crippen molar-refractivity contribution in [2.45, 2.75) is 51.6 Å². The van der Waals surface area contributed by atoms with Gasteiger partial charge in [-0.1, -0.05) is 26.0 Å². The van der Waals surface area contributed by atoms with Gasteiger partial charge in [0.1, 0.15) is 5.78 Å². The van der Waals surface area contributed by atoms with E-state index in [1.807, 2.05) is 13.8 Å².